The van der Waals surface area contributed by atoms with Crippen molar-refractivity contribution in [1.29, 1.82) is 0 Å². The van der Waals surface area contributed by atoms with Crippen molar-refractivity contribution in [3.63, 3.8) is 0 Å². The van der Waals surface area contributed by atoms with Gasteiger partial charge < -0.3 is 19.9 Å². The Hall–Kier alpha value is -1.79. The number of rotatable bonds is 2. The number of nitrogens with zero attached hydrogens (tertiary/aromatic N) is 2. The molecule has 19 heavy (non-hydrogen) atoms. The topological polar surface area (TPSA) is 79.0 Å². The van der Waals surface area contributed by atoms with Gasteiger partial charge in [-0.3, -0.25) is 9.59 Å². The first-order chi connectivity index (χ1) is 9.11. The Morgan fingerprint density at radius 3 is 2.42 bits per heavy atom. The zero-order chi connectivity index (χ0) is 13.8. The van der Waals surface area contributed by atoms with Crippen LogP contribution < -0.4 is 5.32 Å². The van der Waals surface area contributed by atoms with Gasteiger partial charge in [0.1, 0.15) is 0 Å². The van der Waals surface area contributed by atoms with Crippen LogP contribution in [0.15, 0.2) is 0 Å². The number of hydrogen-bond donors (Lipinski definition) is 1. The van der Waals surface area contributed by atoms with E-state index in [0.29, 0.717) is 39.3 Å². The molecule has 7 nitrogen and oxygen atoms in total. The lowest BCUT2D eigenvalue weighted by Crippen LogP contribution is -2.52. The van der Waals surface area contributed by atoms with Gasteiger partial charge in [-0.25, -0.2) is 4.79 Å². The van der Waals surface area contributed by atoms with Gasteiger partial charge in [0.2, 0.25) is 11.8 Å². The summed E-state index contributed by atoms with van der Waals surface area (Å²) < 4.78 is 4.92. The molecule has 1 N–H and O–H groups in total. The van der Waals surface area contributed by atoms with Crippen LogP contribution in [0.3, 0.4) is 0 Å². The predicted octanol–water partition coefficient (Wildman–Crippen LogP) is -0.577. The van der Waals surface area contributed by atoms with Gasteiger partial charge in [0, 0.05) is 39.1 Å². The lowest BCUT2D eigenvalue weighted by Gasteiger charge is -2.35. The van der Waals surface area contributed by atoms with E-state index in [-0.39, 0.29) is 30.2 Å². The minimum absolute atomic E-state index is 0.00172. The Morgan fingerprint density at radius 1 is 1.26 bits per heavy atom. The van der Waals surface area contributed by atoms with Gasteiger partial charge in [-0.05, 0) is 6.92 Å². The molecule has 2 rings (SSSR count). The van der Waals surface area contributed by atoms with Gasteiger partial charge in [0.25, 0.3) is 0 Å². The molecule has 1 atom stereocenters. The summed E-state index contributed by atoms with van der Waals surface area (Å²) in [7, 11) is 0. The van der Waals surface area contributed by atoms with Crippen LogP contribution in [0.4, 0.5) is 4.79 Å². The van der Waals surface area contributed by atoms with Crippen LogP contribution in [0.1, 0.15) is 13.3 Å². The highest BCUT2D eigenvalue weighted by molar-refractivity contribution is 5.89. The summed E-state index contributed by atoms with van der Waals surface area (Å²) >= 11 is 0. The van der Waals surface area contributed by atoms with E-state index in [9.17, 15) is 14.4 Å². The van der Waals surface area contributed by atoms with E-state index in [2.05, 4.69) is 5.32 Å². The average Bonchev–Trinajstić information content (AvgIpc) is 2.85. The quantitative estimate of drug-likeness (QED) is 0.727. The lowest BCUT2D eigenvalue weighted by molar-refractivity contribution is -0.137. The molecule has 0 bridgehead atoms. The Bertz CT molecular complexity index is 377. The average molecular weight is 269 g/mol. The number of carbonyl (C=O) groups is 3. The minimum atomic E-state index is -0.327. The third-order valence-electron chi connectivity index (χ3n) is 3.44. The van der Waals surface area contributed by atoms with E-state index in [1.54, 1.807) is 16.7 Å². The zero-order valence-electron chi connectivity index (χ0n) is 11.1. The Morgan fingerprint density at radius 2 is 1.89 bits per heavy atom. The Balaban J connectivity index is 1.81. The third-order valence-corrected chi connectivity index (χ3v) is 3.44. The van der Waals surface area contributed by atoms with E-state index < -0.39 is 0 Å². The van der Waals surface area contributed by atoms with E-state index in [0.717, 1.165) is 0 Å². The first-order valence-corrected chi connectivity index (χ1v) is 6.59. The van der Waals surface area contributed by atoms with Gasteiger partial charge in [-0.1, -0.05) is 0 Å². The molecule has 3 amide bonds. The second-order valence-electron chi connectivity index (χ2n) is 4.72. The summed E-state index contributed by atoms with van der Waals surface area (Å²) in [4.78, 5) is 38.1. The van der Waals surface area contributed by atoms with Crippen LogP contribution in [0.5, 0.6) is 0 Å². The molecular weight excluding hydrogens is 250 g/mol. The minimum Gasteiger partial charge on any atom is -0.450 e. The van der Waals surface area contributed by atoms with Crippen LogP contribution in [0.2, 0.25) is 0 Å². The van der Waals surface area contributed by atoms with Crippen molar-refractivity contribution < 1.29 is 19.1 Å². The molecule has 2 aliphatic heterocycles. The van der Waals surface area contributed by atoms with Crippen LogP contribution in [0.25, 0.3) is 0 Å². The van der Waals surface area contributed by atoms with Crippen molar-refractivity contribution in [3.8, 4) is 0 Å². The van der Waals surface area contributed by atoms with E-state index in [4.69, 9.17) is 4.74 Å². The standard InChI is InChI=1S/C12H19N3O4/c1-2-19-12(18)15-5-3-14(4-6-15)11(17)9-7-10(16)13-8-9/h9H,2-8H2,1H3,(H,13,16). The molecule has 0 saturated carbocycles. The van der Waals surface area contributed by atoms with E-state index in [1.807, 2.05) is 0 Å². The fourth-order valence-corrected chi connectivity index (χ4v) is 2.36. The smallest absolute Gasteiger partial charge is 0.409 e. The molecular formula is C12H19N3O4. The van der Waals surface area contributed by atoms with Crippen molar-refractivity contribution in [1.82, 2.24) is 15.1 Å². The number of piperazine rings is 1. The fourth-order valence-electron chi connectivity index (χ4n) is 2.36. The number of ether oxygens (including phenoxy) is 1. The molecule has 0 spiro atoms. The summed E-state index contributed by atoms with van der Waals surface area (Å²) in [5.74, 6) is -0.313. The molecule has 7 heteroatoms. The van der Waals surface area contributed by atoms with Gasteiger partial charge in [0.15, 0.2) is 0 Å². The molecule has 2 heterocycles. The third kappa shape index (κ3) is 3.15. The van der Waals surface area contributed by atoms with Gasteiger partial charge in [-0.2, -0.15) is 0 Å². The molecule has 0 aliphatic carbocycles. The number of amides is 3. The van der Waals surface area contributed by atoms with Crippen LogP contribution in [-0.2, 0) is 14.3 Å². The van der Waals surface area contributed by atoms with Crippen LogP contribution in [-0.4, -0.2) is 67.0 Å². The number of carbonyl (C=O) groups excluding carboxylic acids is 3. The monoisotopic (exact) mass is 269 g/mol. The maximum Gasteiger partial charge on any atom is 0.409 e. The first kappa shape index (κ1) is 13.6. The second kappa shape index (κ2) is 5.90. The molecule has 0 radical (unpaired) electrons. The molecule has 0 aromatic rings. The van der Waals surface area contributed by atoms with Gasteiger partial charge in [-0.15, -0.1) is 0 Å². The molecule has 1 unspecified atom stereocenters. The summed E-state index contributed by atoms with van der Waals surface area (Å²) in [6.07, 6.45) is -0.0518. The Kier molecular flexibility index (Phi) is 4.24. The fraction of sp³-hybridized carbons (Fsp3) is 0.750. The second-order valence-corrected chi connectivity index (χ2v) is 4.72. The van der Waals surface area contributed by atoms with Crippen molar-refractivity contribution in [2.75, 3.05) is 39.3 Å². The molecule has 2 fully saturated rings. The molecule has 2 aliphatic rings. The first-order valence-electron chi connectivity index (χ1n) is 6.59. The predicted molar refractivity (Wildman–Crippen MR) is 66.3 cm³/mol. The maximum absolute atomic E-state index is 12.1. The molecule has 0 aromatic carbocycles. The largest absolute Gasteiger partial charge is 0.450 e. The lowest BCUT2D eigenvalue weighted by atomic mass is 10.1. The van der Waals surface area contributed by atoms with E-state index >= 15 is 0 Å². The molecule has 106 valence electrons. The van der Waals surface area contributed by atoms with Crippen molar-refractivity contribution in [2.45, 2.75) is 13.3 Å². The van der Waals surface area contributed by atoms with Gasteiger partial charge in [0.05, 0.1) is 12.5 Å². The summed E-state index contributed by atoms with van der Waals surface area (Å²) in [5, 5.41) is 2.66. The van der Waals surface area contributed by atoms with Crippen LogP contribution in [0, 0.1) is 5.92 Å². The maximum atomic E-state index is 12.1. The summed E-state index contributed by atoms with van der Waals surface area (Å²) in [6.45, 7) is 4.52. The van der Waals surface area contributed by atoms with Crippen molar-refractivity contribution >= 4 is 17.9 Å². The highest BCUT2D eigenvalue weighted by atomic mass is 16.6. The Labute approximate surface area is 111 Å². The number of hydrogen-bond acceptors (Lipinski definition) is 4. The molecule has 2 saturated heterocycles. The van der Waals surface area contributed by atoms with Gasteiger partial charge >= 0.3 is 6.09 Å². The zero-order valence-corrected chi connectivity index (χ0v) is 11.1. The SMILES string of the molecule is CCOC(=O)N1CCN(C(=O)C2CNC(=O)C2)CC1. The van der Waals surface area contributed by atoms with E-state index in [1.165, 1.54) is 0 Å². The summed E-state index contributed by atoms with van der Waals surface area (Å²) in [6, 6.07) is 0. The normalized spacial score (nSPS) is 23.2. The number of nitrogens with one attached hydrogen (secondary N) is 1. The highest BCUT2D eigenvalue weighted by Gasteiger charge is 2.33. The highest BCUT2D eigenvalue weighted by Crippen LogP contribution is 2.14. The van der Waals surface area contributed by atoms with Crippen LogP contribution >= 0.6 is 0 Å². The van der Waals surface area contributed by atoms with Crippen molar-refractivity contribution in [2.24, 2.45) is 5.92 Å². The van der Waals surface area contributed by atoms with Crippen molar-refractivity contribution in [3.05, 3.63) is 0 Å². The summed E-state index contributed by atoms with van der Waals surface area (Å²) in [5.41, 5.74) is 0. The molecule has 0 aromatic heterocycles.